The molecule has 0 aliphatic rings. The zero-order valence-electron chi connectivity index (χ0n) is 10.1. The Balaban J connectivity index is 2.28. The van der Waals surface area contributed by atoms with Crippen molar-refractivity contribution in [2.45, 2.75) is 6.92 Å². The summed E-state index contributed by atoms with van der Waals surface area (Å²) < 4.78 is 10.0. The molecule has 3 rings (SSSR count). The van der Waals surface area contributed by atoms with Gasteiger partial charge in [0.2, 0.25) is 5.43 Å². The molecular weight excluding hydrogens is 248 g/mol. The van der Waals surface area contributed by atoms with Gasteiger partial charge in [-0.05, 0) is 13.0 Å². The standard InChI is InChI=1S/C13H10N2O4/c1-2-18-13(17)8-6-14-12-7(11(8)16)5-10-9(15-12)3-4-19-10/h3-6H,2H2,1H3,(H,14,15,16). The Morgan fingerprint density at radius 2 is 2.37 bits per heavy atom. The highest BCUT2D eigenvalue weighted by Crippen LogP contribution is 2.17. The van der Waals surface area contributed by atoms with Gasteiger partial charge in [0.15, 0.2) is 5.58 Å². The molecular formula is C13H10N2O4. The molecule has 3 aromatic rings. The predicted octanol–water partition coefficient (Wildman–Crippen LogP) is 1.85. The molecule has 96 valence electrons. The van der Waals surface area contributed by atoms with Gasteiger partial charge in [0.25, 0.3) is 0 Å². The number of rotatable bonds is 2. The normalized spacial score (nSPS) is 11.0. The van der Waals surface area contributed by atoms with Gasteiger partial charge in [-0.3, -0.25) is 4.79 Å². The van der Waals surface area contributed by atoms with Crippen LogP contribution in [0, 0.1) is 0 Å². The molecule has 0 bridgehead atoms. The van der Waals surface area contributed by atoms with E-state index in [1.54, 1.807) is 19.1 Å². The van der Waals surface area contributed by atoms with Crippen LogP contribution in [0.5, 0.6) is 0 Å². The van der Waals surface area contributed by atoms with Gasteiger partial charge in [-0.1, -0.05) is 0 Å². The summed E-state index contributed by atoms with van der Waals surface area (Å²) in [5.41, 5.74) is 1.10. The van der Waals surface area contributed by atoms with Crippen LogP contribution in [0.1, 0.15) is 17.3 Å². The molecule has 0 atom stereocenters. The number of hydrogen-bond donors (Lipinski definition) is 1. The lowest BCUT2D eigenvalue weighted by Crippen LogP contribution is -2.18. The molecule has 6 nitrogen and oxygen atoms in total. The Bertz CT molecular complexity index is 831. The zero-order chi connectivity index (χ0) is 13.4. The number of nitrogens with one attached hydrogen (secondary N) is 1. The molecule has 0 amide bonds. The van der Waals surface area contributed by atoms with Gasteiger partial charge in [-0.25, -0.2) is 9.78 Å². The Kier molecular flexibility index (Phi) is 2.56. The van der Waals surface area contributed by atoms with Crippen molar-refractivity contribution in [2.24, 2.45) is 0 Å². The van der Waals surface area contributed by atoms with Gasteiger partial charge in [-0.2, -0.15) is 0 Å². The van der Waals surface area contributed by atoms with Gasteiger partial charge < -0.3 is 14.1 Å². The van der Waals surface area contributed by atoms with Crippen molar-refractivity contribution in [1.29, 1.82) is 0 Å². The van der Waals surface area contributed by atoms with Crippen molar-refractivity contribution >= 4 is 28.1 Å². The van der Waals surface area contributed by atoms with E-state index in [1.807, 2.05) is 0 Å². The molecule has 0 aromatic carbocycles. The first-order chi connectivity index (χ1) is 9.20. The van der Waals surface area contributed by atoms with Gasteiger partial charge in [0.05, 0.1) is 18.3 Å². The summed E-state index contributed by atoms with van der Waals surface area (Å²) in [5, 5.41) is 0.299. The van der Waals surface area contributed by atoms with Gasteiger partial charge in [0.1, 0.15) is 16.7 Å². The number of carbonyl (C=O) groups is 1. The molecule has 19 heavy (non-hydrogen) atoms. The average molecular weight is 258 g/mol. The smallest absolute Gasteiger partial charge is 0.343 e. The van der Waals surface area contributed by atoms with E-state index in [0.29, 0.717) is 22.1 Å². The maximum Gasteiger partial charge on any atom is 0.343 e. The lowest BCUT2D eigenvalue weighted by atomic mass is 10.2. The topological polar surface area (TPSA) is 85.2 Å². The summed E-state index contributed by atoms with van der Waals surface area (Å²) in [6.45, 7) is 1.90. The first-order valence-electron chi connectivity index (χ1n) is 5.77. The first-order valence-corrected chi connectivity index (χ1v) is 5.77. The van der Waals surface area contributed by atoms with Gasteiger partial charge >= 0.3 is 5.97 Å². The second-order valence-corrected chi connectivity index (χ2v) is 3.94. The van der Waals surface area contributed by atoms with E-state index in [0.717, 1.165) is 0 Å². The summed E-state index contributed by atoms with van der Waals surface area (Å²) >= 11 is 0. The van der Waals surface area contributed by atoms with E-state index in [4.69, 9.17) is 9.15 Å². The minimum atomic E-state index is -0.648. The van der Waals surface area contributed by atoms with Crippen LogP contribution < -0.4 is 5.43 Å². The van der Waals surface area contributed by atoms with Crippen LogP contribution in [-0.2, 0) is 4.74 Å². The van der Waals surface area contributed by atoms with Crippen molar-refractivity contribution in [3.05, 3.63) is 40.4 Å². The van der Waals surface area contributed by atoms with E-state index in [1.165, 1.54) is 12.5 Å². The molecule has 0 aliphatic carbocycles. The van der Waals surface area contributed by atoms with E-state index in [2.05, 4.69) is 9.97 Å². The molecule has 3 aromatic heterocycles. The van der Waals surface area contributed by atoms with Crippen molar-refractivity contribution in [2.75, 3.05) is 6.61 Å². The van der Waals surface area contributed by atoms with Crippen LogP contribution in [0.3, 0.4) is 0 Å². The van der Waals surface area contributed by atoms with Crippen molar-refractivity contribution in [3.63, 3.8) is 0 Å². The SMILES string of the molecule is CCOC(=O)c1c[nH]c2nc3ccoc3cc2c1=O. The molecule has 6 heteroatoms. The second kappa shape index (κ2) is 4.24. The highest BCUT2D eigenvalue weighted by molar-refractivity contribution is 5.95. The molecule has 0 fully saturated rings. The summed E-state index contributed by atoms with van der Waals surface area (Å²) in [6, 6.07) is 3.27. The molecule has 0 radical (unpaired) electrons. The Morgan fingerprint density at radius 3 is 3.16 bits per heavy atom. The molecule has 1 N–H and O–H groups in total. The number of pyridine rings is 2. The molecule has 3 heterocycles. The fourth-order valence-electron chi connectivity index (χ4n) is 1.89. The van der Waals surface area contributed by atoms with E-state index >= 15 is 0 Å². The number of fused-ring (bicyclic) bond motifs is 2. The number of esters is 1. The summed E-state index contributed by atoms with van der Waals surface area (Å²) in [7, 11) is 0. The number of furan rings is 1. The second-order valence-electron chi connectivity index (χ2n) is 3.94. The highest BCUT2D eigenvalue weighted by Gasteiger charge is 2.15. The van der Waals surface area contributed by atoms with Crippen molar-refractivity contribution < 1.29 is 13.9 Å². The summed E-state index contributed by atoms with van der Waals surface area (Å²) in [6.07, 6.45) is 2.81. The summed E-state index contributed by atoms with van der Waals surface area (Å²) in [4.78, 5) is 30.9. The third-order valence-corrected chi connectivity index (χ3v) is 2.77. The van der Waals surface area contributed by atoms with Crippen LogP contribution in [0.4, 0.5) is 0 Å². The fourth-order valence-corrected chi connectivity index (χ4v) is 1.89. The Labute approximate surface area is 107 Å². The number of nitrogens with zero attached hydrogens (tertiary/aromatic N) is 1. The molecule has 0 saturated heterocycles. The number of aromatic nitrogens is 2. The number of ether oxygens (including phenoxy) is 1. The minimum absolute atomic E-state index is 0.0398. The Morgan fingerprint density at radius 1 is 1.53 bits per heavy atom. The average Bonchev–Trinajstić information content (AvgIpc) is 2.84. The molecule has 0 unspecified atom stereocenters. The zero-order valence-corrected chi connectivity index (χ0v) is 10.1. The highest BCUT2D eigenvalue weighted by atomic mass is 16.5. The van der Waals surface area contributed by atoms with Crippen LogP contribution in [0.2, 0.25) is 0 Å². The van der Waals surface area contributed by atoms with E-state index in [-0.39, 0.29) is 12.2 Å². The quantitative estimate of drug-likeness (QED) is 0.709. The van der Waals surface area contributed by atoms with Crippen LogP contribution in [-0.4, -0.2) is 22.5 Å². The summed E-state index contributed by atoms with van der Waals surface area (Å²) in [5.74, 6) is -0.648. The number of hydrogen-bond acceptors (Lipinski definition) is 5. The number of H-pyrrole nitrogens is 1. The van der Waals surface area contributed by atoms with Gasteiger partial charge in [0, 0.05) is 12.3 Å². The van der Waals surface area contributed by atoms with Crippen molar-refractivity contribution in [1.82, 2.24) is 9.97 Å². The largest absolute Gasteiger partial charge is 0.463 e. The lowest BCUT2D eigenvalue weighted by molar-refractivity contribution is 0.0524. The molecule has 0 saturated carbocycles. The van der Waals surface area contributed by atoms with Crippen molar-refractivity contribution in [3.8, 4) is 0 Å². The fraction of sp³-hybridized carbons (Fsp3) is 0.154. The first kappa shape index (κ1) is 11.5. The maximum absolute atomic E-state index is 12.2. The monoisotopic (exact) mass is 258 g/mol. The van der Waals surface area contributed by atoms with Gasteiger partial charge in [-0.15, -0.1) is 0 Å². The third-order valence-electron chi connectivity index (χ3n) is 2.77. The Hall–Kier alpha value is -2.63. The number of carbonyl (C=O) groups excluding carboxylic acids is 1. The minimum Gasteiger partial charge on any atom is -0.463 e. The molecule has 0 spiro atoms. The predicted molar refractivity (Wildman–Crippen MR) is 68.1 cm³/mol. The van der Waals surface area contributed by atoms with Crippen LogP contribution >= 0.6 is 0 Å². The maximum atomic E-state index is 12.2. The van der Waals surface area contributed by atoms with Crippen LogP contribution in [0.25, 0.3) is 22.1 Å². The van der Waals surface area contributed by atoms with Crippen LogP contribution in [0.15, 0.2) is 33.8 Å². The molecule has 0 aliphatic heterocycles. The lowest BCUT2D eigenvalue weighted by Gasteiger charge is -2.02. The van der Waals surface area contributed by atoms with E-state index < -0.39 is 11.4 Å². The third kappa shape index (κ3) is 1.77. The van der Waals surface area contributed by atoms with E-state index in [9.17, 15) is 9.59 Å². The number of aromatic amines is 1.